The minimum atomic E-state index is 0.123. The molecule has 0 bridgehead atoms. The van der Waals surface area contributed by atoms with E-state index < -0.39 is 0 Å². The van der Waals surface area contributed by atoms with Crippen molar-refractivity contribution >= 4 is 29.6 Å². The predicted molar refractivity (Wildman–Crippen MR) is 74.2 cm³/mol. The molecule has 1 aromatic heterocycles. The van der Waals surface area contributed by atoms with Crippen molar-refractivity contribution in [1.82, 2.24) is 9.56 Å². The maximum absolute atomic E-state index is 6.16. The topological polar surface area (TPSA) is 18.9 Å². The van der Waals surface area contributed by atoms with Crippen LogP contribution >= 0.6 is 11.6 Å². The molecule has 4 heteroatoms. The van der Waals surface area contributed by atoms with E-state index in [1.807, 2.05) is 13.2 Å². The molecule has 0 saturated carbocycles. The lowest BCUT2D eigenvalue weighted by Gasteiger charge is -2.20. The second-order valence-corrected chi connectivity index (χ2v) is 6.12. The highest BCUT2D eigenvalue weighted by atomic mass is 35.5. The van der Waals surface area contributed by atoms with E-state index in [4.69, 9.17) is 11.6 Å². The lowest BCUT2D eigenvalue weighted by Crippen LogP contribution is -2.46. The summed E-state index contributed by atoms with van der Waals surface area (Å²) in [6, 6.07) is 2.09. The van der Waals surface area contributed by atoms with E-state index in [9.17, 15) is 0 Å². The van der Waals surface area contributed by atoms with Crippen LogP contribution in [0.2, 0.25) is 5.15 Å². The van der Waals surface area contributed by atoms with Crippen LogP contribution in [0.15, 0.2) is 12.3 Å². The van der Waals surface area contributed by atoms with Gasteiger partial charge in [0, 0.05) is 26.8 Å². The minimum Gasteiger partial charge on any atom is -0.234 e. The van der Waals surface area contributed by atoms with E-state index >= 15 is 0 Å². The number of fused-ring (bicyclic) bond motifs is 1. The second-order valence-electron chi connectivity index (χ2n) is 5.76. The van der Waals surface area contributed by atoms with E-state index in [1.54, 1.807) is 0 Å². The standard InChI is InChI=1S/C14H16ClN3/c1-14(2,3)18-6-9(7-18)11-5-12-10(8-17(12)4)13(15)16-11/h5-8H,1-4H3/q+2. The van der Waals surface area contributed by atoms with Crippen molar-refractivity contribution < 1.29 is 4.58 Å². The Morgan fingerprint density at radius 1 is 1.22 bits per heavy atom. The number of nitrogens with zero attached hydrogens (tertiary/aromatic N) is 3. The number of halogens is 1. The van der Waals surface area contributed by atoms with Crippen molar-refractivity contribution in [2.24, 2.45) is 0 Å². The van der Waals surface area contributed by atoms with Crippen LogP contribution in [0.5, 0.6) is 0 Å². The van der Waals surface area contributed by atoms with Crippen molar-refractivity contribution in [3.63, 3.8) is 0 Å². The van der Waals surface area contributed by atoms with E-state index in [0.717, 1.165) is 21.8 Å². The third-order valence-corrected chi connectivity index (χ3v) is 3.61. The molecular weight excluding hydrogens is 246 g/mol. The van der Waals surface area contributed by atoms with Crippen LogP contribution in [0, 0.1) is 0 Å². The van der Waals surface area contributed by atoms with Gasteiger partial charge < -0.3 is 0 Å². The van der Waals surface area contributed by atoms with Crippen LogP contribution in [0.25, 0.3) is 11.8 Å². The zero-order valence-electron chi connectivity index (χ0n) is 11.0. The summed E-state index contributed by atoms with van der Waals surface area (Å²) in [6.07, 6.45) is 6.23. The SMILES string of the molecule is C[N+]1=c2cc(C3=C[N+](C(C)(C)C)=C3)nc(Cl)c2=C1. The summed E-state index contributed by atoms with van der Waals surface area (Å²) in [7, 11) is 2.02. The molecule has 92 valence electrons. The van der Waals surface area contributed by atoms with Gasteiger partial charge in [0.15, 0.2) is 24.2 Å². The van der Waals surface area contributed by atoms with Gasteiger partial charge in [0.25, 0.3) is 0 Å². The summed E-state index contributed by atoms with van der Waals surface area (Å²) in [6.45, 7) is 6.53. The van der Waals surface area contributed by atoms with Gasteiger partial charge in [-0.05, 0) is 0 Å². The Labute approximate surface area is 111 Å². The third-order valence-electron chi connectivity index (χ3n) is 3.32. The molecule has 18 heavy (non-hydrogen) atoms. The number of hydrogen-bond donors (Lipinski definition) is 0. The zero-order valence-corrected chi connectivity index (χ0v) is 11.8. The number of pyridine rings is 1. The first-order valence-corrected chi connectivity index (χ1v) is 6.38. The van der Waals surface area contributed by atoms with Gasteiger partial charge >= 0.3 is 0 Å². The Morgan fingerprint density at radius 3 is 2.44 bits per heavy atom. The summed E-state index contributed by atoms with van der Waals surface area (Å²) >= 11 is 6.16. The summed E-state index contributed by atoms with van der Waals surface area (Å²) in [5.41, 5.74) is 2.20. The molecule has 0 radical (unpaired) electrons. The van der Waals surface area contributed by atoms with Crippen molar-refractivity contribution in [2.75, 3.05) is 7.05 Å². The number of rotatable bonds is 1. The Hall–Kier alpha value is -1.48. The fraction of sp³-hybridized carbons (Fsp3) is 0.357. The molecule has 3 heterocycles. The lowest BCUT2D eigenvalue weighted by atomic mass is 10.0. The average Bonchev–Trinajstić information content (AvgIpc) is 2.16. The first-order chi connectivity index (χ1) is 8.36. The molecule has 2 aliphatic heterocycles. The summed E-state index contributed by atoms with van der Waals surface area (Å²) < 4.78 is 4.25. The Bertz CT molecular complexity index is 734. The molecule has 0 aromatic carbocycles. The molecule has 0 saturated heterocycles. The van der Waals surface area contributed by atoms with E-state index in [2.05, 4.69) is 53.4 Å². The molecule has 3 nitrogen and oxygen atoms in total. The van der Waals surface area contributed by atoms with Crippen LogP contribution in [-0.2, 0) is 0 Å². The summed E-state index contributed by atoms with van der Waals surface area (Å²) in [5.74, 6) is 0. The van der Waals surface area contributed by atoms with Crippen LogP contribution in [0.3, 0.4) is 0 Å². The largest absolute Gasteiger partial charge is 0.234 e. The molecule has 2 aliphatic rings. The second kappa shape index (κ2) is 3.51. The average molecular weight is 262 g/mol. The monoisotopic (exact) mass is 261 g/mol. The molecule has 1 aromatic rings. The van der Waals surface area contributed by atoms with Gasteiger partial charge in [0.1, 0.15) is 23.0 Å². The predicted octanol–water partition coefficient (Wildman–Crippen LogP) is 0.844. The minimum absolute atomic E-state index is 0.123. The molecule has 0 atom stereocenters. The van der Waals surface area contributed by atoms with Gasteiger partial charge in [0.05, 0.1) is 5.69 Å². The molecule has 0 N–H and O–H groups in total. The number of allylic oxidation sites excluding steroid dienone is 1. The summed E-state index contributed by atoms with van der Waals surface area (Å²) in [4.78, 5) is 4.44. The molecule has 0 spiro atoms. The van der Waals surface area contributed by atoms with Gasteiger partial charge in [-0.3, -0.25) is 0 Å². The Morgan fingerprint density at radius 2 is 1.89 bits per heavy atom. The van der Waals surface area contributed by atoms with E-state index in [1.165, 1.54) is 0 Å². The molecular formula is C14H16ClN3+2. The van der Waals surface area contributed by atoms with Crippen molar-refractivity contribution in [3.8, 4) is 0 Å². The van der Waals surface area contributed by atoms with Crippen LogP contribution < -0.4 is 15.2 Å². The number of hydrogen-bond acceptors (Lipinski definition) is 1. The molecule has 0 fully saturated rings. The highest BCUT2D eigenvalue weighted by Crippen LogP contribution is 2.21. The quantitative estimate of drug-likeness (QED) is 0.542. The smallest absolute Gasteiger partial charge is 0.223 e. The molecule has 0 amide bonds. The zero-order chi connectivity index (χ0) is 13.1. The Kier molecular flexibility index (Phi) is 2.26. The van der Waals surface area contributed by atoms with Gasteiger partial charge in [-0.25, -0.2) is 4.98 Å². The van der Waals surface area contributed by atoms with E-state index in [0.29, 0.717) is 5.15 Å². The fourth-order valence-electron chi connectivity index (χ4n) is 2.08. The van der Waals surface area contributed by atoms with Crippen LogP contribution in [0.1, 0.15) is 26.5 Å². The third kappa shape index (κ3) is 1.62. The lowest BCUT2D eigenvalue weighted by molar-refractivity contribution is -0.536. The highest BCUT2D eigenvalue weighted by molar-refractivity contribution is 6.29. The van der Waals surface area contributed by atoms with E-state index in [-0.39, 0.29) is 5.54 Å². The maximum atomic E-state index is 6.16. The van der Waals surface area contributed by atoms with Gasteiger partial charge in [-0.15, -0.1) is 0 Å². The molecule has 0 aliphatic carbocycles. The first-order valence-electron chi connectivity index (χ1n) is 6.00. The molecule has 0 unspecified atom stereocenters. The first kappa shape index (κ1) is 11.6. The summed E-state index contributed by atoms with van der Waals surface area (Å²) in [5, 5.41) is 2.77. The van der Waals surface area contributed by atoms with Gasteiger partial charge in [-0.1, -0.05) is 11.6 Å². The molecule has 3 rings (SSSR count). The van der Waals surface area contributed by atoms with Crippen molar-refractivity contribution in [1.29, 1.82) is 0 Å². The normalized spacial score (nSPS) is 17.1. The van der Waals surface area contributed by atoms with Crippen LogP contribution in [0.4, 0.5) is 0 Å². The van der Waals surface area contributed by atoms with Crippen molar-refractivity contribution in [3.05, 3.63) is 33.7 Å². The highest BCUT2D eigenvalue weighted by Gasteiger charge is 2.31. The van der Waals surface area contributed by atoms with Gasteiger partial charge in [-0.2, -0.15) is 9.15 Å². The number of aromatic nitrogens is 1. The van der Waals surface area contributed by atoms with Crippen molar-refractivity contribution in [2.45, 2.75) is 26.3 Å². The van der Waals surface area contributed by atoms with Gasteiger partial charge in [0.2, 0.25) is 5.36 Å². The van der Waals surface area contributed by atoms with Crippen LogP contribution in [-0.4, -0.2) is 28.4 Å². The Balaban J connectivity index is 1.99. The maximum Gasteiger partial charge on any atom is 0.223 e. The fourth-order valence-corrected chi connectivity index (χ4v) is 2.31.